The van der Waals surface area contributed by atoms with Crippen LogP contribution >= 0.6 is 15.9 Å². The van der Waals surface area contributed by atoms with Crippen molar-refractivity contribution in [2.75, 3.05) is 5.32 Å². The number of hydrogen-bond donors (Lipinski definition) is 2. The summed E-state index contributed by atoms with van der Waals surface area (Å²) in [6, 6.07) is 7.59. The summed E-state index contributed by atoms with van der Waals surface area (Å²) in [5, 5.41) is 12.7. The van der Waals surface area contributed by atoms with E-state index < -0.39 is 0 Å². The molecule has 0 saturated heterocycles. The number of aryl methyl sites for hydroxylation is 1. The zero-order chi connectivity index (χ0) is 13.1. The Morgan fingerprint density at radius 2 is 2.11 bits per heavy atom. The van der Waals surface area contributed by atoms with Crippen molar-refractivity contribution in [1.29, 1.82) is 0 Å². The minimum atomic E-state index is -0.364. The molecule has 0 fully saturated rings. The highest BCUT2D eigenvalue weighted by Gasteiger charge is 2.03. The van der Waals surface area contributed by atoms with Crippen LogP contribution in [0.25, 0.3) is 0 Å². The number of nitrogens with zero attached hydrogens (tertiary/aromatic N) is 1. The molecule has 0 bridgehead atoms. The van der Waals surface area contributed by atoms with Crippen molar-refractivity contribution in [1.82, 2.24) is 4.98 Å². The summed E-state index contributed by atoms with van der Waals surface area (Å²) in [6.45, 7) is 2.23. The zero-order valence-electron chi connectivity index (χ0n) is 9.74. The van der Waals surface area contributed by atoms with E-state index in [1.807, 2.05) is 19.1 Å². The molecule has 2 N–H and O–H groups in total. The van der Waals surface area contributed by atoms with Crippen molar-refractivity contribution in [2.24, 2.45) is 0 Å². The normalized spacial score (nSPS) is 10.4. The molecule has 1 heterocycles. The SMILES string of the molecule is Cc1cc(NCc2cc(F)ccc2O)cc(Br)n1. The quantitative estimate of drug-likeness (QED) is 0.851. The molecule has 1 aromatic carbocycles. The number of hydrogen-bond acceptors (Lipinski definition) is 3. The third kappa shape index (κ3) is 3.20. The molecule has 0 amide bonds. The fourth-order valence-corrected chi connectivity index (χ4v) is 2.15. The monoisotopic (exact) mass is 310 g/mol. The average molecular weight is 311 g/mol. The van der Waals surface area contributed by atoms with Gasteiger partial charge in [0.25, 0.3) is 0 Å². The third-order valence-corrected chi connectivity index (χ3v) is 2.85. The van der Waals surface area contributed by atoms with Crippen LogP contribution in [0, 0.1) is 12.7 Å². The van der Waals surface area contributed by atoms with Gasteiger partial charge in [-0.05, 0) is 53.2 Å². The van der Waals surface area contributed by atoms with Crippen LogP contribution in [-0.4, -0.2) is 10.1 Å². The van der Waals surface area contributed by atoms with E-state index >= 15 is 0 Å². The van der Waals surface area contributed by atoms with Crippen LogP contribution in [0.3, 0.4) is 0 Å². The van der Waals surface area contributed by atoms with Gasteiger partial charge < -0.3 is 10.4 Å². The Morgan fingerprint density at radius 3 is 2.83 bits per heavy atom. The van der Waals surface area contributed by atoms with E-state index in [1.165, 1.54) is 18.2 Å². The second-order valence-corrected chi connectivity index (χ2v) is 4.76. The highest BCUT2D eigenvalue weighted by molar-refractivity contribution is 9.10. The Bertz CT molecular complexity index is 555. The molecular formula is C13H12BrFN2O. The minimum Gasteiger partial charge on any atom is -0.508 e. The van der Waals surface area contributed by atoms with Crippen LogP contribution in [0.5, 0.6) is 5.75 Å². The van der Waals surface area contributed by atoms with Crippen LogP contribution in [0.2, 0.25) is 0 Å². The van der Waals surface area contributed by atoms with Gasteiger partial charge in [-0.3, -0.25) is 0 Å². The molecule has 0 aliphatic heterocycles. The molecule has 2 aromatic rings. The van der Waals surface area contributed by atoms with Gasteiger partial charge >= 0.3 is 0 Å². The number of aromatic hydroxyl groups is 1. The van der Waals surface area contributed by atoms with Crippen LogP contribution in [-0.2, 0) is 6.54 Å². The number of nitrogens with one attached hydrogen (secondary N) is 1. The van der Waals surface area contributed by atoms with Gasteiger partial charge in [-0.25, -0.2) is 9.37 Å². The molecular weight excluding hydrogens is 299 g/mol. The number of phenolic OH excluding ortho intramolecular Hbond substituents is 1. The van der Waals surface area contributed by atoms with Crippen molar-refractivity contribution < 1.29 is 9.50 Å². The standard InChI is InChI=1S/C13H12BrFN2O/c1-8-4-11(6-13(14)17-8)16-7-9-5-10(15)2-3-12(9)18/h2-6,18H,7H2,1H3,(H,16,17). The summed E-state index contributed by atoms with van der Waals surface area (Å²) < 4.78 is 13.8. The fraction of sp³-hybridized carbons (Fsp3) is 0.154. The first-order valence-corrected chi connectivity index (χ1v) is 6.19. The van der Waals surface area contributed by atoms with Gasteiger partial charge in [0.2, 0.25) is 0 Å². The minimum absolute atomic E-state index is 0.0775. The van der Waals surface area contributed by atoms with E-state index in [0.717, 1.165) is 16.0 Å². The molecule has 18 heavy (non-hydrogen) atoms. The van der Waals surface area contributed by atoms with E-state index in [4.69, 9.17) is 0 Å². The molecule has 0 atom stereocenters. The van der Waals surface area contributed by atoms with E-state index in [-0.39, 0.29) is 11.6 Å². The summed E-state index contributed by atoms with van der Waals surface area (Å²) >= 11 is 3.30. The maximum absolute atomic E-state index is 13.0. The molecule has 0 aliphatic carbocycles. The van der Waals surface area contributed by atoms with E-state index in [0.29, 0.717) is 12.1 Å². The lowest BCUT2D eigenvalue weighted by Crippen LogP contribution is -2.01. The van der Waals surface area contributed by atoms with E-state index in [9.17, 15) is 9.50 Å². The number of benzene rings is 1. The van der Waals surface area contributed by atoms with E-state index in [1.54, 1.807) is 0 Å². The largest absolute Gasteiger partial charge is 0.508 e. The van der Waals surface area contributed by atoms with Gasteiger partial charge in [-0.15, -0.1) is 0 Å². The predicted molar refractivity (Wildman–Crippen MR) is 72.1 cm³/mol. The number of phenols is 1. The van der Waals surface area contributed by atoms with Crippen LogP contribution in [0.1, 0.15) is 11.3 Å². The summed E-state index contributed by atoms with van der Waals surface area (Å²) in [5.74, 6) is -0.287. The molecule has 0 saturated carbocycles. The van der Waals surface area contributed by atoms with Crippen molar-refractivity contribution in [3.8, 4) is 5.75 Å². The first-order valence-electron chi connectivity index (χ1n) is 5.40. The number of rotatable bonds is 3. The topological polar surface area (TPSA) is 45.1 Å². The Labute approximate surface area is 113 Å². The first-order chi connectivity index (χ1) is 8.54. The van der Waals surface area contributed by atoms with Crippen LogP contribution in [0.4, 0.5) is 10.1 Å². The third-order valence-electron chi connectivity index (χ3n) is 2.45. The maximum atomic E-state index is 13.0. The highest BCUT2D eigenvalue weighted by atomic mass is 79.9. The first kappa shape index (κ1) is 12.8. The van der Waals surface area contributed by atoms with Gasteiger partial charge in [0.1, 0.15) is 16.2 Å². The fourth-order valence-electron chi connectivity index (χ4n) is 1.62. The summed E-state index contributed by atoms with van der Waals surface area (Å²) in [7, 11) is 0. The molecule has 0 aliphatic rings. The second kappa shape index (κ2) is 5.35. The van der Waals surface area contributed by atoms with Gasteiger partial charge in [0.05, 0.1) is 0 Å². The Kier molecular flexibility index (Phi) is 3.81. The maximum Gasteiger partial charge on any atom is 0.123 e. The molecule has 0 unspecified atom stereocenters. The van der Waals surface area contributed by atoms with E-state index in [2.05, 4.69) is 26.2 Å². The van der Waals surface area contributed by atoms with Crippen molar-refractivity contribution in [3.63, 3.8) is 0 Å². The Balaban J connectivity index is 2.13. The van der Waals surface area contributed by atoms with Crippen molar-refractivity contribution >= 4 is 21.6 Å². The lowest BCUT2D eigenvalue weighted by molar-refractivity contribution is 0.466. The lowest BCUT2D eigenvalue weighted by Gasteiger charge is -2.09. The van der Waals surface area contributed by atoms with Gasteiger partial charge in [-0.2, -0.15) is 0 Å². The van der Waals surface area contributed by atoms with Crippen molar-refractivity contribution in [2.45, 2.75) is 13.5 Å². The smallest absolute Gasteiger partial charge is 0.123 e. The summed E-state index contributed by atoms with van der Waals surface area (Å²) in [6.07, 6.45) is 0. The lowest BCUT2D eigenvalue weighted by atomic mass is 10.2. The molecule has 0 spiro atoms. The number of pyridine rings is 1. The summed E-state index contributed by atoms with van der Waals surface area (Å²) in [5.41, 5.74) is 2.24. The molecule has 2 rings (SSSR count). The molecule has 5 heteroatoms. The highest BCUT2D eigenvalue weighted by Crippen LogP contribution is 2.21. The number of anilines is 1. The predicted octanol–water partition coefficient (Wildman–Crippen LogP) is 3.61. The number of aromatic nitrogens is 1. The van der Waals surface area contributed by atoms with Crippen LogP contribution in [0.15, 0.2) is 34.9 Å². The van der Waals surface area contributed by atoms with Gasteiger partial charge in [-0.1, -0.05) is 0 Å². The number of halogens is 2. The second-order valence-electron chi connectivity index (χ2n) is 3.95. The Hall–Kier alpha value is -1.62. The van der Waals surface area contributed by atoms with Gasteiger partial charge in [0.15, 0.2) is 0 Å². The average Bonchev–Trinajstić information content (AvgIpc) is 2.29. The molecule has 94 valence electrons. The van der Waals surface area contributed by atoms with Crippen molar-refractivity contribution in [3.05, 3.63) is 52.0 Å². The molecule has 0 radical (unpaired) electrons. The molecule has 3 nitrogen and oxygen atoms in total. The van der Waals surface area contributed by atoms with Crippen LogP contribution < -0.4 is 5.32 Å². The van der Waals surface area contributed by atoms with Gasteiger partial charge in [0, 0.05) is 23.5 Å². The zero-order valence-corrected chi connectivity index (χ0v) is 11.3. The summed E-state index contributed by atoms with van der Waals surface area (Å²) in [4.78, 5) is 4.19. The Morgan fingerprint density at radius 1 is 1.33 bits per heavy atom. The molecule has 1 aromatic heterocycles.